The van der Waals surface area contributed by atoms with E-state index in [4.69, 9.17) is 4.74 Å². The van der Waals surface area contributed by atoms with Crippen molar-refractivity contribution in [3.05, 3.63) is 29.8 Å². The van der Waals surface area contributed by atoms with E-state index in [0.717, 1.165) is 45.3 Å². The molecule has 2 rings (SSSR count). The largest absolute Gasteiger partial charge is 0.378 e. The zero-order valence-electron chi connectivity index (χ0n) is 12.9. The first-order chi connectivity index (χ1) is 9.83. The Labute approximate surface area is 123 Å². The van der Waals surface area contributed by atoms with Crippen molar-refractivity contribution < 1.29 is 4.74 Å². The molecule has 0 unspecified atom stereocenters. The van der Waals surface area contributed by atoms with Crippen molar-refractivity contribution in [2.24, 2.45) is 5.92 Å². The van der Waals surface area contributed by atoms with Gasteiger partial charge in [-0.25, -0.2) is 0 Å². The number of ether oxygens (including phenoxy) is 1. The second-order valence-corrected chi connectivity index (χ2v) is 5.58. The number of hydrogen-bond donors (Lipinski definition) is 1. The van der Waals surface area contributed by atoms with Gasteiger partial charge in [-0.15, -0.1) is 0 Å². The van der Waals surface area contributed by atoms with Gasteiger partial charge in [0.05, 0.1) is 13.2 Å². The molecule has 1 aliphatic heterocycles. The lowest BCUT2D eigenvalue weighted by molar-refractivity contribution is 0.122. The van der Waals surface area contributed by atoms with Crippen LogP contribution in [-0.2, 0) is 11.3 Å². The molecule has 3 heteroatoms. The van der Waals surface area contributed by atoms with Crippen LogP contribution < -0.4 is 10.2 Å². The summed E-state index contributed by atoms with van der Waals surface area (Å²) in [6.07, 6.45) is 2.53. The van der Waals surface area contributed by atoms with Gasteiger partial charge in [0.25, 0.3) is 0 Å². The summed E-state index contributed by atoms with van der Waals surface area (Å²) in [7, 11) is 0. The molecule has 112 valence electrons. The first kappa shape index (κ1) is 15.3. The second-order valence-electron chi connectivity index (χ2n) is 5.58. The number of nitrogens with zero attached hydrogens (tertiary/aromatic N) is 1. The molecule has 1 aliphatic rings. The maximum Gasteiger partial charge on any atom is 0.0642 e. The van der Waals surface area contributed by atoms with Gasteiger partial charge in [-0.3, -0.25) is 0 Å². The average molecular weight is 276 g/mol. The van der Waals surface area contributed by atoms with Gasteiger partial charge in [-0.05, 0) is 30.2 Å². The van der Waals surface area contributed by atoms with E-state index in [1.165, 1.54) is 24.1 Å². The van der Waals surface area contributed by atoms with Crippen LogP contribution in [0.25, 0.3) is 0 Å². The van der Waals surface area contributed by atoms with Crippen LogP contribution in [0.1, 0.15) is 32.3 Å². The summed E-state index contributed by atoms with van der Waals surface area (Å²) in [6, 6.07) is 8.95. The molecule has 0 bridgehead atoms. The molecule has 0 aromatic heterocycles. The van der Waals surface area contributed by atoms with Crippen LogP contribution in [0.3, 0.4) is 0 Å². The molecule has 1 heterocycles. The smallest absolute Gasteiger partial charge is 0.0642 e. The highest BCUT2D eigenvalue weighted by Crippen LogP contribution is 2.16. The van der Waals surface area contributed by atoms with E-state index >= 15 is 0 Å². The van der Waals surface area contributed by atoms with E-state index in [1.54, 1.807) is 0 Å². The van der Waals surface area contributed by atoms with Crippen LogP contribution in [0.15, 0.2) is 24.3 Å². The monoisotopic (exact) mass is 276 g/mol. The highest BCUT2D eigenvalue weighted by Gasteiger charge is 2.10. The van der Waals surface area contributed by atoms with Gasteiger partial charge in [-0.1, -0.05) is 38.8 Å². The molecule has 1 N–H and O–H groups in total. The molecular weight excluding hydrogens is 248 g/mol. The van der Waals surface area contributed by atoms with Crippen molar-refractivity contribution in [2.45, 2.75) is 33.2 Å². The maximum absolute atomic E-state index is 5.39. The van der Waals surface area contributed by atoms with Gasteiger partial charge in [0.2, 0.25) is 0 Å². The summed E-state index contributed by atoms with van der Waals surface area (Å²) in [4.78, 5) is 2.39. The van der Waals surface area contributed by atoms with Crippen molar-refractivity contribution in [1.82, 2.24) is 5.32 Å². The van der Waals surface area contributed by atoms with Crippen LogP contribution in [0.5, 0.6) is 0 Å². The number of morpholine rings is 1. The number of benzene rings is 1. The van der Waals surface area contributed by atoms with E-state index in [0.29, 0.717) is 0 Å². The number of anilines is 1. The van der Waals surface area contributed by atoms with Gasteiger partial charge < -0.3 is 15.0 Å². The Balaban J connectivity index is 1.79. The highest BCUT2D eigenvalue weighted by molar-refractivity contribution is 5.47. The molecule has 20 heavy (non-hydrogen) atoms. The first-order valence-electron chi connectivity index (χ1n) is 7.95. The third-order valence-corrected chi connectivity index (χ3v) is 4.23. The topological polar surface area (TPSA) is 24.5 Å². The summed E-state index contributed by atoms with van der Waals surface area (Å²) in [5, 5.41) is 3.57. The molecule has 0 aliphatic carbocycles. The van der Waals surface area contributed by atoms with Crippen molar-refractivity contribution in [3.63, 3.8) is 0 Å². The van der Waals surface area contributed by atoms with Crippen LogP contribution in [0, 0.1) is 5.92 Å². The Morgan fingerprint density at radius 3 is 2.35 bits per heavy atom. The average Bonchev–Trinajstić information content (AvgIpc) is 2.53. The van der Waals surface area contributed by atoms with E-state index in [9.17, 15) is 0 Å². The molecule has 0 amide bonds. The minimum atomic E-state index is 0.808. The molecule has 0 atom stereocenters. The van der Waals surface area contributed by atoms with Gasteiger partial charge in [0.1, 0.15) is 0 Å². The molecule has 3 nitrogen and oxygen atoms in total. The van der Waals surface area contributed by atoms with E-state index in [1.807, 2.05) is 0 Å². The fourth-order valence-electron chi connectivity index (χ4n) is 2.64. The molecule has 0 radical (unpaired) electrons. The lowest BCUT2D eigenvalue weighted by atomic mass is 10.0. The van der Waals surface area contributed by atoms with E-state index in [-0.39, 0.29) is 0 Å². The van der Waals surface area contributed by atoms with Gasteiger partial charge in [-0.2, -0.15) is 0 Å². The Bertz CT molecular complexity index is 367. The Morgan fingerprint density at radius 1 is 1.10 bits per heavy atom. The SMILES string of the molecule is CCC(CC)CNCc1ccc(N2CCOCC2)cc1. The van der Waals surface area contributed by atoms with E-state index < -0.39 is 0 Å². The van der Waals surface area contributed by atoms with Crippen LogP contribution in [0.4, 0.5) is 5.69 Å². The molecule has 0 spiro atoms. The number of hydrogen-bond acceptors (Lipinski definition) is 3. The van der Waals surface area contributed by atoms with Gasteiger partial charge >= 0.3 is 0 Å². The third kappa shape index (κ3) is 4.50. The summed E-state index contributed by atoms with van der Waals surface area (Å²) in [5.41, 5.74) is 2.69. The van der Waals surface area contributed by atoms with Crippen molar-refractivity contribution in [3.8, 4) is 0 Å². The van der Waals surface area contributed by atoms with Crippen molar-refractivity contribution in [2.75, 3.05) is 37.7 Å². The lowest BCUT2D eigenvalue weighted by Crippen LogP contribution is -2.36. The Kier molecular flexibility index (Phi) is 6.34. The van der Waals surface area contributed by atoms with Crippen LogP contribution in [-0.4, -0.2) is 32.8 Å². The molecule has 1 saturated heterocycles. The zero-order valence-corrected chi connectivity index (χ0v) is 12.9. The maximum atomic E-state index is 5.39. The van der Waals surface area contributed by atoms with Crippen LogP contribution >= 0.6 is 0 Å². The number of nitrogens with one attached hydrogen (secondary N) is 1. The Morgan fingerprint density at radius 2 is 1.75 bits per heavy atom. The predicted octanol–water partition coefficient (Wildman–Crippen LogP) is 3.05. The number of rotatable bonds is 7. The summed E-state index contributed by atoms with van der Waals surface area (Å²) in [5.74, 6) is 0.808. The minimum Gasteiger partial charge on any atom is -0.378 e. The predicted molar refractivity (Wildman–Crippen MR) is 85.3 cm³/mol. The highest BCUT2D eigenvalue weighted by atomic mass is 16.5. The zero-order chi connectivity index (χ0) is 14.2. The van der Waals surface area contributed by atoms with Crippen molar-refractivity contribution in [1.29, 1.82) is 0 Å². The van der Waals surface area contributed by atoms with Crippen LogP contribution in [0.2, 0.25) is 0 Å². The van der Waals surface area contributed by atoms with Gasteiger partial charge in [0.15, 0.2) is 0 Å². The van der Waals surface area contributed by atoms with E-state index in [2.05, 4.69) is 48.3 Å². The fraction of sp³-hybridized carbons (Fsp3) is 0.647. The Hall–Kier alpha value is -1.06. The molecular formula is C17H28N2O. The molecule has 1 fully saturated rings. The molecule has 1 aromatic rings. The fourth-order valence-corrected chi connectivity index (χ4v) is 2.64. The molecule has 1 aromatic carbocycles. The summed E-state index contributed by atoms with van der Waals surface area (Å²) >= 11 is 0. The lowest BCUT2D eigenvalue weighted by Gasteiger charge is -2.29. The van der Waals surface area contributed by atoms with Gasteiger partial charge in [0, 0.05) is 25.3 Å². The summed E-state index contributed by atoms with van der Waals surface area (Å²) in [6.45, 7) is 10.3. The third-order valence-electron chi connectivity index (χ3n) is 4.23. The van der Waals surface area contributed by atoms with Crippen molar-refractivity contribution >= 4 is 5.69 Å². The normalized spacial score (nSPS) is 15.8. The quantitative estimate of drug-likeness (QED) is 0.828. The first-order valence-corrected chi connectivity index (χ1v) is 7.95. The second kappa shape index (κ2) is 8.28. The molecule has 0 saturated carbocycles. The summed E-state index contributed by atoms with van der Waals surface area (Å²) < 4.78 is 5.39. The standard InChI is InChI=1S/C17H28N2O/c1-3-15(4-2)13-18-14-16-5-7-17(8-6-16)19-9-11-20-12-10-19/h5-8,15,18H,3-4,9-14H2,1-2H3. The minimum absolute atomic E-state index is 0.808.